The number of amides is 1. The van der Waals surface area contributed by atoms with Gasteiger partial charge in [0.1, 0.15) is 5.82 Å². The molecule has 0 bridgehead atoms. The molecular weight excluding hydrogens is 418 g/mol. The van der Waals surface area contributed by atoms with Gasteiger partial charge in [0.05, 0.1) is 16.3 Å². The lowest BCUT2D eigenvalue weighted by Gasteiger charge is -2.09. The number of carbonyl (C=O) groups excluding carboxylic acids is 1. The minimum Gasteiger partial charge on any atom is -0.316 e. The molecule has 1 aromatic heterocycles. The second-order valence-corrected chi connectivity index (χ2v) is 8.10. The van der Waals surface area contributed by atoms with E-state index in [0.29, 0.717) is 21.9 Å². The zero-order chi connectivity index (χ0) is 20.3. The lowest BCUT2D eigenvalue weighted by atomic mass is 10.1. The summed E-state index contributed by atoms with van der Waals surface area (Å²) < 4.78 is 15.4. The van der Waals surface area contributed by atoms with Crippen LogP contribution in [0.1, 0.15) is 35.5 Å². The molecule has 0 N–H and O–H groups in total. The zero-order valence-electron chi connectivity index (χ0n) is 15.5. The Bertz CT molecular complexity index is 1070. The molecule has 0 saturated heterocycles. The first-order valence-corrected chi connectivity index (χ1v) is 10.5. The van der Waals surface area contributed by atoms with Gasteiger partial charge in [-0.2, -0.15) is 4.99 Å². The van der Waals surface area contributed by atoms with Crippen LogP contribution in [0, 0.1) is 5.82 Å². The average molecular weight is 437 g/mol. The third kappa shape index (κ3) is 4.37. The predicted octanol–water partition coefficient (Wildman–Crippen LogP) is 6.38. The van der Waals surface area contributed by atoms with E-state index in [1.54, 1.807) is 24.3 Å². The average Bonchev–Trinajstić information content (AvgIpc) is 2.99. The largest absolute Gasteiger partial charge is 0.316 e. The molecule has 146 valence electrons. The number of hydrogen-bond acceptors (Lipinski definition) is 2. The second kappa shape index (κ2) is 9.03. The van der Waals surface area contributed by atoms with Crippen molar-refractivity contribution in [2.75, 3.05) is 0 Å². The third-order valence-electron chi connectivity index (χ3n) is 4.25. The van der Waals surface area contributed by atoms with E-state index >= 15 is 0 Å². The lowest BCUT2D eigenvalue weighted by molar-refractivity contribution is 0.0998. The minimum absolute atomic E-state index is 0.272. The van der Waals surface area contributed by atoms with Crippen LogP contribution in [0.25, 0.3) is 11.3 Å². The van der Waals surface area contributed by atoms with Crippen molar-refractivity contribution in [1.82, 2.24) is 4.57 Å². The SMILES string of the molecule is CCCc1sc(=NC(=O)c2ccc(Cl)cc2Cl)n(CC)c1-c1ccc(F)cc1. The van der Waals surface area contributed by atoms with Crippen molar-refractivity contribution in [3.05, 3.63) is 73.6 Å². The minimum atomic E-state index is -0.418. The first-order valence-electron chi connectivity index (χ1n) is 8.97. The highest BCUT2D eigenvalue weighted by Gasteiger charge is 2.16. The highest BCUT2D eigenvalue weighted by atomic mass is 35.5. The number of thiazole rings is 1. The Hall–Kier alpha value is -1.95. The topological polar surface area (TPSA) is 34.4 Å². The summed E-state index contributed by atoms with van der Waals surface area (Å²) in [7, 11) is 0. The molecule has 1 heterocycles. The molecule has 0 radical (unpaired) electrons. The van der Waals surface area contributed by atoms with Gasteiger partial charge >= 0.3 is 0 Å². The molecule has 3 rings (SSSR count). The van der Waals surface area contributed by atoms with Crippen LogP contribution in [0.5, 0.6) is 0 Å². The summed E-state index contributed by atoms with van der Waals surface area (Å²) in [6, 6.07) is 11.1. The van der Waals surface area contributed by atoms with Crippen LogP contribution in [0.3, 0.4) is 0 Å². The van der Waals surface area contributed by atoms with E-state index in [2.05, 4.69) is 11.9 Å². The maximum Gasteiger partial charge on any atom is 0.281 e. The lowest BCUT2D eigenvalue weighted by Crippen LogP contribution is -2.17. The van der Waals surface area contributed by atoms with Gasteiger partial charge in [-0.15, -0.1) is 11.3 Å². The smallest absolute Gasteiger partial charge is 0.281 e. The summed E-state index contributed by atoms with van der Waals surface area (Å²) in [6.45, 7) is 4.72. The van der Waals surface area contributed by atoms with Gasteiger partial charge in [0.25, 0.3) is 5.91 Å². The Labute approximate surface area is 177 Å². The van der Waals surface area contributed by atoms with Gasteiger partial charge in [-0.1, -0.05) is 36.5 Å². The van der Waals surface area contributed by atoms with E-state index in [9.17, 15) is 9.18 Å². The fourth-order valence-electron chi connectivity index (χ4n) is 2.97. The van der Waals surface area contributed by atoms with E-state index < -0.39 is 5.91 Å². The molecule has 0 fully saturated rings. The van der Waals surface area contributed by atoms with Crippen LogP contribution in [0.2, 0.25) is 10.0 Å². The molecule has 7 heteroatoms. The number of hydrogen-bond donors (Lipinski definition) is 0. The molecule has 0 saturated carbocycles. The number of aryl methyl sites for hydroxylation is 1. The van der Waals surface area contributed by atoms with E-state index in [0.717, 1.165) is 29.0 Å². The first kappa shape index (κ1) is 20.8. The van der Waals surface area contributed by atoms with Gasteiger partial charge in [-0.3, -0.25) is 4.79 Å². The molecule has 28 heavy (non-hydrogen) atoms. The number of nitrogens with zero attached hydrogens (tertiary/aromatic N) is 2. The molecule has 0 aliphatic rings. The van der Waals surface area contributed by atoms with Crippen molar-refractivity contribution in [3.8, 4) is 11.3 Å². The van der Waals surface area contributed by atoms with Gasteiger partial charge in [0.2, 0.25) is 0 Å². The standard InChI is InChI=1S/C21H19Cl2FN2OS/c1-3-5-18-19(13-6-9-15(24)10-7-13)26(4-2)21(28-18)25-20(27)16-11-8-14(22)12-17(16)23/h6-12H,3-5H2,1-2H3. The molecule has 3 aromatic rings. The number of benzene rings is 2. The number of rotatable bonds is 5. The highest BCUT2D eigenvalue weighted by molar-refractivity contribution is 7.09. The van der Waals surface area contributed by atoms with Gasteiger partial charge < -0.3 is 4.57 Å². The monoisotopic (exact) mass is 436 g/mol. The molecule has 0 atom stereocenters. The molecule has 0 unspecified atom stereocenters. The normalized spacial score (nSPS) is 11.8. The Balaban J connectivity index is 2.15. The van der Waals surface area contributed by atoms with Crippen LogP contribution in [0.15, 0.2) is 47.5 Å². The third-order valence-corrected chi connectivity index (χ3v) is 5.94. The summed E-state index contributed by atoms with van der Waals surface area (Å²) in [5.74, 6) is -0.699. The van der Waals surface area contributed by atoms with Gasteiger partial charge in [0.15, 0.2) is 4.80 Å². The molecule has 2 aromatic carbocycles. The van der Waals surface area contributed by atoms with E-state index in [1.165, 1.54) is 29.5 Å². The van der Waals surface area contributed by atoms with E-state index in [1.807, 2.05) is 11.5 Å². The van der Waals surface area contributed by atoms with Crippen LogP contribution in [-0.2, 0) is 13.0 Å². The second-order valence-electron chi connectivity index (χ2n) is 6.20. The fraction of sp³-hybridized carbons (Fsp3) is 0.238. The van der Waals surface area contributed by atoms with Crippen molar-refractivity contribution >= 4 is 40.4 Å². The Morgan fingerprint density at radius 3 is 2.46 bits per heavy atom. The maximum absolute atomic E-state index is 13.4. The molecule has 3 nitrogen and oxygen atoms in total. The molecular formula is C21H19Cl2FN2OS. The molecule has 0 spiro atoms. The first-order chi connectivity index (χ1) is 13.4. The summed E-state index contributed by atoms with van der Waals surface area (Å²) in [6.07, 6.45) is 1.80. The fourth-order valence-corrected chi connectivity index (χ4v) is 4.77. The van der Waals surface area contributed by atoms with Crippen molar-refractivity contribution in [1.29, 1.82) is 0 Å². The van der Waals surface area contributed by atoms with Crippen LogP contribution >= 0.6 is 34.5 Å². The Morgan fingerprint density at radius 2 is 1.86 bits per heavy atom. The van der Waals surface area contributed by atoms with Gasteiger partial charge in [-0.25, -0.2) is 4.39 Å². The molecule has 0 aliphatic heterocycles. The van der Waals surface area contributed by atoms with Crippen LogP contribution in [-0.4, -0.2) is 10.5 Å². The summed E-state index contributed by atoms with van der Waals surface area (Å²) in [4.78, 5) is 18.8. The van der Waals surface area contributed by atoms with Crippen molar-refractivity contribution in [2.24, 2.45) is 4.99 Å². The van der Waals surface area contributed by atoms with Crippen molar-refractivity contribution in [3.63, 3.8) is 0 Å². The van der Waals surface area contributed by atoms with Crippen molar-refractivity contribution in [2.45, 2.75) is 33.2 Å². The Morgan fingerprint density at radius 1 is 1.14 bits per heavy atom. The van der Waals surface area contributed by atoms with Crippen LogP contribution < -0.4 is 4.80 Å². The predicted molar refractivity (Wildman–Crippen MR) is 114 cm³/mol. The zero-order valence-corrected chi connectivity index (χ0v) is 17.8. The highest BCUT2D eigenvalue weighted by Crippen LogP contribution is 2.28. The summed E-state index contributed by atoms with van der Waals surface area (Å²) in [5, 5.41) is 0.735. The maximum atomic E-state index is 13.4. The molecule has 0 aliphatic carbocycles. The summed E-state index contributed by atoms with van der Waals surface area (Å²) >= 11 is 13.5. The van der Waals surface area contributed by atoms with Crippen molar-refractivity contribution < 1.29 is 9.18 Å². The molecule has 1 amide bonds. The van der Waals surface area contributed by atoms with E-state index in [4.69, 9.17) is 23.2 Å². The number of carbonyl (C=O) groups is 1. The quantitative estimate of drug-likeness (QED) is 0.456. The van der Waals surface area contributed by atoms with E-state index in [-0.39, 0.29) is 10.8 Å². The van der Waals surface area contributed by atoms with Crippen LogP contribution in [0.4, 0.5) is 4.39 Å². The number of halogens is 3. The number of aromatic nitrogens is 1. The summed E-state index contributed by atoms with van der Waals surface area (Å²) in [5.41, 5.74) is 2.19. The van der Waals surface area contributed by atoms with Gasteiger partial charge in [-0.05, 0) is 61.4 Å². The van der Waals surface area contributed by atoms with Gasteiger partial charge in [0, 0.05) is 16.4 Å². The Kier molecular flexibility index (Phi) is 6.70.